The van der Waals surface area contributed by atoms with Gasteiger partial charge in [0.2, 0.25) is 0 Å². The Balaban J connectivity index is 3.41. The Morgan fingerprint density at radius 1 is 1.12 bits per heavy atom. The fourth-order valence-corrected chi connectivity index (χ4v) is 0.965. The van der Waals surface area contributed by atoms with Crippen molar-refractivity contribution in [1.82, 2.24) is 0 Å². The summed E-state index contributed by atoms with van der Waals surface area (Å²) in [6.45, 7) is 0. The molecule has 0 unspecified atom stereocenters. The first-order valence-electron chi connectivity index (χ1n) is 5.22. The second-order valence-corrected chi connectivity index (χ2v) is 3.11. The standard InChI is InChI=1S/C13H16O3/c14-12-10-8-6-4-2-1-3-5-7-9-11-13(15)16/h4,6,8,10,12H,2,5,7,9,11H2,(H,15,16)/b6-4-,10-8+. The van der Waals surface area contributed by atoms with Gasteiger partial charge in [-0.1, -0.05) is 24.1 Å². The first-order valence-corrected chi connectivity index (χ1v) is 5.22. The van der Waals surface area contributed by atoms with Crippen molar-refractivity contribution in [1.29, 1.82) is 0 Å². The summed E-state index contributed by atoms with van der Waals surface area (Å²) in [6, 6.07) is 0. The van der Waals surface area contributed by atoms with Crippen LogP contribution in [-0.2, 0) is 9.59 Å². The van der Waals surface area contributed by atoms with Gasteiger partial charge in [0, 0.05) is 19.3 Å². The Morgan fingerprint density at radius 3 is 2.62 bits per heavy atom. The number of aldehydes is 1. The van der Waals surface area contributed by atoms with Crippen LogP contribution in [-0.4, -0.2) is 17.4 Å². The van der Waals surface area contributed by atoms with Crippen LogP contribution >= 0.6 is 0 Å². The first kappa shape index (κ1) is 14.2. The molecule has 0 aromatic rings. The molecule has 0 aliphatic heterocycles. The van der Waals surface area contributed by atoms with Crippen molar-refractivity contribution < 1.29 is 14.7 Å². The SMILES string of the molecule is O=C/C=C/C=C\CC#CCCCCC(=O)O. The van der Waals surface area contributed by atoms with Crippen molar-refractivity contribution in [3.8, 4) is 11.8 Å². The summed E-state index contributed by atoms with van der Waals surface area (Å²) in [5.74, 6) is 5.15. The fraction of sp³-hybridized carbons (Fsp3) is 0.385. The molecule has 0 aliphatic carbocycles. The molecule has 0 aromatic carbocycles. The average Bonchev–Trinajstić information content (AvgIpc) is 2.25. The number of hydrogen-bond donors (Lipinski definition) is 1. The third-order valence-corrected chi connectivity index (χ3v) is 1.72. The summed E-state index contributed by atoms with van der Waals surface area (Å²) in [7, 11) is 0. The predicted octanol–water partition coefficient (Wildman–Crippen LogP) is 2.34. The fourth-order valence-electron chi connectivity index (χ4n) is 0.965. The van der Waals surface area contributed by atoms with Crippen LogP contribution in [0.15, 0.2) is 24.3 Å². The molecular weight excluding hydrogens is 204 g/mol. The lowest BCUT2D eigenvalue weighted by atomic mass is 10.2. The highest BCUT2D eigenvalue weighted by molar-refractivity contribution is 5.66. The highest BCUT2D eigenvalue weighted by atomic mass is 16.4. The van der Waals surface area contributed by atoms with Crippen LogP contribution < -0.4 is 0 Å². The van der Waals surface area contributed by atoms with E-state index in [1.165, 1.54) is 6.08 Å². The van der Waals surface area contributed by atoms with E-state index in [9.17, 15) is 9.59 Å². The van der Waals surface area contributed by atoms with Gasteiger partial charge in [-0.3, -0.25) is 9.59 Å². The summed E-state index contributed by atoms with van der Waals surface area (Å²) in [5.41, 5.74) is 0. The second-order valence-electron chi connectivity index (χ2n) is 3.11. The number of rotatable bonds is 7. The van der Waals surface area contributed by atoms with Crippen LogP contribution in [0, 0.1) is 11.8 Å². The number of carboxylic acids is 1. The number of carboxylic acid groups (broad SMARTS) is 1. The van der Waals surface area contributed by atoms with E-state index >= 15 is 0 Å². The van der Waals surface area contributed by atoms with E-state index in [0.717, 1.165) is 19.1 Å². The summed E-state index contributed by atoms with van der Waals surface area (Å²) in [6.07, 6.45) is 10.6. The van der Waals surface area contributed by atoms with Gasteiger partial charge in [-0.05, 0) is 18.9 Å². The lowest BCUT2D eigenvalue weighted by Gasteiger charge is -1.90. The zero-order chi connectivity index (χ0) is 12.1. The van der Waals surface area contributed by atoms with E-state index in [1.54, 1.807) is 12.2 Å². The van der Waals surface area contributed by atoms with Gasteiger partial charge in [-0.2, -0.15) is 0 Å². The number of carbonyl (C=O) groups is 2. The minimum atomic E-state index is -0.752. The van der Waals surface area contributed by atoms with E-state index in [4.69, 9.17) is 5.11 Å². The zero-order valence-electron chi connectivity index (χ0n) is 9.19. The van der Waals surface area contributed by atoms with Gasteiger partial charge in [0.1, 0.15) is 6.29 Å². The quantitative estimate of drug-likeness (QED) is 0.235. The van der Waals surface area contributed by atoms with Crippen LogP contribution in [0.1, 0.15) is 32.1 Å². The highest BCUT2D eigenvalue weighted by Gasteiger charge is 1.93. The van der Waals surface area contributed by atoms with Crippen LogP contribution in [0.2, 0.25) is 0 Å². The molecule has 0 saturated heterocycles. The topological polar surface area (TPSA) is 54.4 Å². The lowest BCUT2D eigenvalue weighted by Crippen LogP contribution is -1.92. The average molecular weight is 220 g/mol. The predicted molar refractivity (Wildman–Crippen MR) is 62.8 cm³/mol. The molecule has 0 spiro atoms. The van der Waals surface area contributed by atoms with E-state index < -0.39 is 5.97 Å². The molecule has 0 radical (unpaired) electrons. The first-order chi connectivity index (χ1) is 7.77. The minimum absolute atomic E-state index is 0.220. The summed E-state index contributed by atoms with van der Waals surface area (Å²) in [4.78, 5) is 20.1. The van der Waals surface area contributed by atoms with Gasteiger partial charge in [0.15, 0.2) is 0 Å². The number of unbranched alkanes of at least 4 members (excludes halogenated alkanes) is 2. The van der Waals surface area contributed by atoms with E-state index in [0.29, 0.717) is 12.8 Å². The largest absolute Gasteiger partial charge is 0.481 e. The molecule has 1 N–H and O–H groups in total. The van der Waals surface area contributed by atoms with Crippen molar-refractivity contribution in [3.63, 3.8) is 0 Å². The van der Waals surface area contributed by atoms with Crippen molar-refractivity contribution in [2.24, 2.45) is 0 Å². The van der Waals surface area contributed by atoms with Crippen molar-refractivity contribution in [2.75, 3.05) is 0 Å². The van der Waals surface area contributed by atoms with Crippen LogP contribution in [0.3, 0.4) is 0 Å². The minimum Gasteiger partial charge on any atom is -0.481 e. The van der Waals surface area contributed by atoms with Gasteiger partial charge in [0.25, 0.3) is 0 Å². The Labute approximate surface area is 95.9 Å². The van der Waals surface area contributed by atoms with Gasteiger partial charge in [-0.25, -0.2) is 0 Å². The molecular formula is C13H16O3. The van der Waals surface area contributed by atoms with Crippen molar-refractivity contribution >= 4 is 12.3 Å². The van der Waals surface area contributed by atoms with Gasteiger partial charge >= 0.3 is 5.97 Å². The Bertz CT molecular complexity index is 316. The summed E-state index contributed by atoms with van der Waals surface area (Å²) < 4.78 is 0. The van der Waals surface area contributed by atoms with E-state index in [2.05, 4.69) is 11.8 Å². The van der Waals surface area contributed by atoms with Gasteiger partial charge < -0.3 is 5.11 Å². The molecule has 0 aliphatic rings. The maximum absolute atomic E-state index is 10.2. The molecule has 0 rings (SSSR count). The number of aliphatic carboxylic acids is 1. The molecule has 0 bridgehead atoms. The molecule has 0 aromatic heterocycles. The molecule has 0 saturated carbocycles. The molecule has 3 nitrogen and oxygen atoms in total. The Morgan fingerprint density at radius 2 is 1.94 bits per heavy atom. The van der Waals surface area contributed by atoms with Crippen LogP contribution in [0.4, 0.5) is 0 Å². The maximum Gasteiger partial charge on any atom is 0.303 e. The zero-order valence-corrected chi connectivity index (χ0v) is 9.19. The summed E-state index contributed by atoms with van der Waals surface area (Å²) >= 11 is 0. The van der Waals surface area contributed by atoms with Gasteiger partial charge in [-0.15, -0.1) is 5.92 Å². The van der Waals surface area contributed by atoms with E-state index in [-0.39, 0.29) is 6.42 Å². The maximum atomic E-state index is 10.2. The number of hydrogen-bond acceptors (Lipinski definition) is 2. The number of allylic oxidation sites excluding steroid dienone is 4. The molecule has 0 heterocycles. The lowest BCUT2D eigenvalue weighted by molar-refractivity contribution is -0.137. The highest BCUT2D eigenvalue weighted by Crippen LogP contribution is 1.98. The van der Waals surface area contributed by atoms with E-state index in [1.807, 2.05) is 6.08 Å². The third-order valence-electron chi connectivity index (χ3n) is 1.72. The molecule has 16 heavy (non-hydrogen) atoms. The second kappa shape index (κ2) is 11.3. The monoisotopic (exact) mass is 220 g/mol. The molecule has 0 atom stereocenters. The normalized spacial score (nSPS) is 10.2. The molecule has 86 valence electrons. The Hall–Kier alpha value is -1.82. The van der Waals surface area contributed by atoms with Crippen molar-refractivity contribution in [3.05, 3.63) is 24.3 Å². The van der Waals surface area contributed by atoms with Gasteiger partial charge in [0.05, 0.1) is 0 Å². The molecule has 3 heteroatoms. The number of carbonyl (C=O) groups excluding carboxylic acids is 1. The summed E-state index contributed by atoms with van der Waals surface area (Å²) in [5, 5.41) is 8.38. The smallest absolute Gasteiger partial charge is 0.303 e. The third kappa shape index (κ3) is 12.2. The van der Waals surface area contributed by atoms with Crippen LogP contribution in [0.5, 0.6) is 0 Å². The molecule has 0 fully saturated rings. The Kier molecular flexibility index (Phi) is 9.98. The van der Waals surface area contributed by atoms with Crippen molar-refractivity contribution in [2.45, 2.75) is 32.1 Å². The van der Waals surface area contributed by atoms with Crippen LogP contribution in [0.25, 0.3) is 0 Å². The molecule has 0 amide bonds.